The molecule has 1 saturated carbocycles. The molecule has 5 heteroatoms. The van der Waals surface area contributed by atoms with E-state index in [-0.39, 0.29) is 0 Å². The summed E-state index contributed by atoms with van der Waals surface area (Å²) < 4.78 is 12.6. The lowest BCUT2D eigenvalue weighted by molar-refractivity contribution is 0.101. The number of hydrogen-bond donors (Lipinski definition) is 0. The molecule has 0 aromatic carbocycles. The van der Waals surface area contributed by atoms with Crippen LogP contribution >= 0.6 is 0 Å². The zero-order valence-corrected chi connectivity index (χ0v) is 18.0. The lowest BCUT2D eigenvalue weighted by atomic mass is 9.79. The smallest absolute Gasteiger partial charge is 0.171 e. The average molecular weight is 343 g/mol. The van der Waals surface area contributed by atoms with Crippen LogP contribution in [0.2, 0.25) is 45.3 Å². The molecule has 5 unspecified atom stereocenters. The molecule has 0 spiro atoms. The highest BCUT2D eigenvalue weighted by Crippen LogP contribution is 2.47. The SMILES string of the molecule is CC(C1CCC2OC2C1)C1C[Si](C)(C)[Si](C)(C)[Si](C)(C)O1. The molecule has 2 nitrogen and oxygen atoms in total. The maximum Gasteiger partial charge on any atom is 0.171 e. The minimum Gasteiger partial charge on any atom is -0.417 e. The van der Waals surface area contributed by atoms with Crippen molar-refractivity contribution in [1.29, 1.82) is 0 Å². The fraction of sp³-hybridized carbons (Fsp3) is 1.00. The van der Waals surface area contributed by atoms with Crippen LogP contribution in [-0.2, 0) is 9.16 Å². The van der Waals surface area contributed by atoms with E-state index in [4.69, 9.17) is 9.16 Å². The standard InChI is InChI=1S/C16H34O2Si3/c1-12(13-8-9-14-15(10-13)17-14)16-11-19(2,3)21(6,7)20(4,5)18-16/h12-16H,8-11H2,1-7H3. The van der Waals surface area contributed by atoms with Gasteiger partial charge in [-0.3, -0.25) is 0 Å². The first kappa shape index (κ1) is 16.4. The molecule has 2 saturated heterocycles. The van der Waals surface area contributed by atoms with Crippen LogP contribution in [0.4, 0.5) is 0 Å². The first-order chi connectivity index (χ1) is 9.55. The lowest BCUT2D eigenvalue weighted by Gasteiger charge is -2.56. The topological polar surface area (TPSA) is 21.8 Å². The van der Waals surface area contributed by atoms with Crippen LogP contribution < -0.4 is 0 Å². The highest BCUT2D eigenvalue weighted by atomic mass is 29.6. The molecule has 0 aromatic rings. The highest BCUT2D eigenvalue weighted by Gasteiger charge is 2.59. The van der Waals surface area contributed by atoms with E-state index in [0.29, 0.717) is 18.3 Å². The molecule has 122 valence electrons. The molecule has 3 fully saturated rings. The Labute approximate surface area is 133 Å². The largest absolute Gasteiger partial charge is 0.417 e. The minimum atomic E-state index is -1.48. The van der Waals surface area contributed by atoms with E-state index in [1.165, 1.54) is 25.3 Å². The van der Waals surface area contributed by atoms with Gasteiger partial charge in [0.25, 0.3) is 0 Å². The van der Waals surface area contributed by atoms with Crippen LogP contribution in [0.15, 0.2) is 0 Å². The summed E-state index contributed by atoms with van der Waals surface area (Å²) in [6.45, 7) is 18.1. The minimum absolute atomic E-state index is 0.550. The van der Waals surface area contributed by atoms with Gasteiger partial charge in [0, 0.05) is 13.7 Å². The first-order valence-corrected chi connectivity index (χ1v) is 20.0. The Morgan fingerprint density at radius 2 is 1.62 bits per heavy atom. The van der Waals surface area contributed by atoms with Crippen molar-refractivity contribution < 1.29 is 9.16 Å². The molecule has 21 heavy (non-hydrogen) atoms. The maximum absolute atomic E-state index is 6.88. The van der Waals surface area contributed by atoms with E-state index in [1.807, 2.05) is 0 Å². The summed E-state index contributed by atoms with van der Waals surface area (Å²) in [6.07, 6.45) is 5.76. The second-order valence-corrected chi connectivity index (χ2v) is 36.9. The fourth-order valence-electron chi connectivity index (χ4n) is 4.65. The van der Waals surface area contributed by atoms with Crippen LogP contribution in [0.5, 0.6) is 0 Å². The predicted octanol–water partition coefficient (Wildman–Crippen LogP) is 4.37. The van der Waals surface area contributed by atoms with Crippen LogP contribution in [0, 0.1) is 11.8 Å². The number of rotatable bonds is 2. The normalized spacial score (nSPS) is 44.7. The van der Waals surface area contributed by atoms with E-state index in [2.05, 4.69) is 46.2 Å². The monoisotopic (exact) mass is 342 g/mol. The third-order valence-corrected chi connectivity index (χ3v) is 48.1. The summed E-state index contributed by atoms with van der Waals surface area (Å²) in [5, 5.41) is 0. The molecule has 2 aliphatic heterocycles. The Morgan fingerprint density at radius 3 is 2.19 bits per heavy atom. The van der Waals surface area contributed by atoms with Crippen molar-refractivity contribution in [2.75, 3.05) is 0 Å². The van der Waals surface area contributed by atoms with Gasteiger partial charge in [0.2, 0.25) is 0 Å². The van der Waals surface area contributed by atoms with Crippen molar-refractivity contribution in [3.8, 4) is 0 Å². The van der Waals surface area contributed by atoms with Crippen LogP contribution in [0.3, 0.4) is 0 Å². The number of ether oxygens (including phenoxy) is 1. The van der Waals surface area contributed by atoms with Gasteiger partial charge in [0.15, 0.2) is 7.83 Å². The summed E-state index contributed by atoms with van der Waals surface area (Å²) in [6, 6.07) is 1.41. The zero-order chi connectivity index (χ0) is 15.6. The van der Waals surface area contributed by atoms with Gasteiger partial charge in [0.05, 0.1) is 19.3 Å². The summed E-state index contributed by atoms with van der Waals surface area (Å²) in [4.78, 5) is 0. The molecule has 2 heterocycles. The van der Waals surface area contributed by atoms with Gasteiger partial charge >= 0.3 is 0 Å². The molecule has 0 radical (unpaired) electrons. The molecule has 0 bridgehead atoms. The van der Waals surface area contributed by atoms with Crippen molar-refractivity contribution in [2.45, 2.75) is 89.8 Å². The van der Waals surface area contributed by atoms with Crippen molar-refractivity contribution in [3.63, 3.8) is 0 Å². The number of hydrogen-bond acceptors (Lipinski definition) is 2. The first-order valence-electron chi connectivity index (χ1n) is 8.88. The van der Waals surface area contributed by atoms with Crippen LogP contribution in [0.1, 0.15) is 26.2 Å². The molecule has 0 amide bonds. The van der Waals surface area contributed by atoms with Gasteiger partial charge in [0.1, 0.15) is 0 Å². The predicted molar refractivity (Wildman–Crippen MR) is 97.3 cm³/mol. The quantitative estimate of drug-likeness (QED) is 0.549. The van der Waals surface area contributed by atoms with Crippen LogP contribution in [-0.4, -0.2) is 40.8 Å². The number of epoxide rings is 1. The lowest BCUT2D eigenvalue weighted by Crippen LogP contribution is -2.76. The summed E-state index contributed by atoms with van der Waals surface area (Å²) in [7, 11) is -3.74. The molecule has 0 aromatic heterocycles. The fourth-order valence-corrected chi connectivity index (χ4v) is 34.2. The Hall–Kier alpha value is 0.571. The molecule has 3 aliphatic rings. The van der Waals surface area contributed by atoms with Crippen molar-refractivity contribution in [3.05, 3.63) is 0 Å². The highest BCUT2D eigenvalue weighted by molar-refractivity contribution is 7.67. The van der Waals surface area contributed by atoms with Gasteiger partial charge in [-0.2, -0.15) is 0 Å². The Bertz CT molecular complexity index is 402. The summed E-state index contributed by atoms with van der Waals surface area (Å²) in [5.74, 6) is 1.58. The van der Waals surface area contributed by atoms with Gasteiger partial charge in [-0.15, -0.1) is 0 Å². The van der Waals surface area contributed by atoms with E-state index < -0.39 is 22.5 Å². The van der Waals surface area contributed by atoms with Gasteiger partial charge in [-0.05, 0) is 50.2 Å². The zero-order valence-electron chi connectivity index (χ0n) is 15.0. The molecule has 5 atom stereocenters. The molecule has 3 rings (SSSR count). The molecular formula is C16H34O2Si3. The third kappa shape index (κ3) is 2.67. The van der Waals surface area contributed by atoms with Crippen molar-refractivity contribution in [2.24, 2.45) is 11.8 Å². The Morgan fingerprint density at radius 1 is 0.952 bits per heavy atom. The summed E-state index contributed by atoms with van der Waals surface area (Å²) >= 11 is 0. The molecule has 1 aliphatic carbocycles. The average Bonchev–Trinajstić information content (AvgIpc) is 3.12. The van der Waals surface area contributed by atoms with E-state index in [0.717, 1.165) is 11.8 Å². The van der Waals surface area contributed by atoms with Gasteiger partial charge < -0.3 is 9.16 Å². The Balaban J connectivity index is 1.73. The van der Waals surface area contributed by atoms with Gasteiger partial charge in [-0.25, -0.2) is 0 Å². The maximum atomic E-state index is 6.88. The Kier molecular flexibility index (Phi) is 3.94. The van der Waals surface area contributed by atoms with Crippen molar-refractivity contribution in [1.82, 2.24) is 0 Å². The molecule has 0 N–H and O–H groups in total. The third-order valence-electron chi connectivity index (χ3n) is 7.73. The second-order valence-electron chi connectivity index (χ2n) is 9.52. The van der Waals surface area contributed by atoms with Crippen LogP contribution in [0.25, 0.3) is 0 Å². The van der Waals surface area contributed by atoms with E-state index in [9.17, 15) is 0 Å². The second kappa shape index (κ2) is 5.03. The van der Waals surface area contributed by atoms with E-state index in [1.54, 1.807) is 0 Å². The summed E-state index contributed by atoms with van der Waals surface area (Å²) in [5.41, 5.74) is 0. The number of fused-ring (bicyclic) bond motifs is 1. The molecular weight excluding hydrogens is 308 g/mol. The van der Waals surface area contributed by atoms with Crippen molar-refractivity contribution >= 4 is 22.5 Å². The van der Waals surface area contributed by atoms with Gasteiger partial charge in [-0.1, -0.05) is 33.1 Å². The van der Waals surface area contributed by atoms with E-state index >= 15 is 0 Å².